The average Bonchev–Trinajstić information content (AvgIpc) is 3.63. The third kappa shape index (κ3) is 4.10. The molecule has 1 atom stereocenters. The molecule has 35 heavy (non-hydrogen) atoms. The number of aromatic nitrogens is 6. The van der Waals surface area contributed by atoms with Gasteiger partial charge in [-0.1, -0.05) is 6.07 Å². The van der Waals surface area contributed by atoms with E-state index in [0.717, 1.165) is 35.6 Å². The van der Waals surface area contributed by atoms with Crippen molar-refractivity contribution in [3.8, 4) is 22.6 Å². The maximum atomic E-state index is 13.8. The molecule has 178 valence electrons. The van der Waals surface area contributed by atoms with Gasteiger partial charge in [0.2, 0.25) is 0 Å². The first-order valence-corrected chi connectivity index (χ1v) is 11.7. The fourth-order valence-electron chi connectivity index (χ4n) is 4.87. The number of amides is 1. The Morgan fingerprint density at radius 3 is 2.89 bits per heavy atom. The topological polar surface area (TPSA) is 91.0 Å². The Kier molecular flexibility index (Phi) is 5.57. The number of pyridine rings is 2. The molecule has 2 aliphatic heterocycles. The Bertz CT molecular complexity index is 1350. The predicted molar refractivity (Wildman–Crippen MR) is 125 cm³/mol. The molecular formula is C25H24FN7O2. The Morgan fingerprint density at radius 1 is 1.11 bits per heavy atom. The van der Waals surface area contributed by atoms with Crippen LogP contribution in [0.25, 0.3) is 22.6 Å². The monoisotopic (exact) mass is 473 g/mol. The third-order valence-corrected chi connectivity index (χ3v) is 6.54. The van der Waals surface area contributed by atoms with E-state index in [-0.39, 0.29) is 17.8 Å². The van der Waals surface area contributed by atoms with E-state index in [1.54, 1.807) is 18.5 Å². The number of hydrogen-bond donors (Lipinski definition) is 0. The first kappa shape index (κ1) is 21.6. The zero-order valence-corrected chi connectivity index (χ0v) is 19.0. The molecule has 0 saturated carbocycles. The molecule has 0 N–H and O–H groups in total. The van der Waals surface area contributed by atoms with Gasteiger partial charge in [-0.05, 0) is 37.1 Å². The van der Waals surface area contributed by atoms with Gasteiger partial charge in [-0.25, -0.2) is 9.37 Å². The fraction of sp³-hybridized carbons (Fsp3) is 0.320. The zero-order chi connectivity index (χ0) is 23.8. The number of likely N-dealkylation sites (tertiary alicyclic amines) is 1. The molecular weight excluding hydrogens is 449 g/mol. The van der Waals surface area contributed by atoms with Crippen molar-refractivity contribution in [3.63, 3.8) is 0 Å². The number of ether oxygens (including phenoxy) is 1. The molecule has 0 aromatic carbocycles. The van der Waals surface area contributed by atoms with Crippen molar-refractivity contribution in [1.29, 1.82) is 0 Å². The second kappa shape index (κ2) is 9.03. The molecule has 4 aromatic rings. The minimum Gasteiger partial charge on any atom is -0.372 e. The van der Waals surface area contributed by atoms with E-state index >= 15 is 0 Å². The molecule has 0 radical (unpaired) electrons. The summed E-state index contributed by atoms with van der Waals surface area (Å²) >= 11 is 0. The summed E-state index contributed by atoms with van der Waals surface area (Å²) < 4.78 is 22.7. The summed E-state index contributed by atoms with van der Waals surface area (Å²) in [6, 6.07) is 8.68. The lowest BCUT2D eigenvalue weighted by molar-refractivity contribution is 0.0716. The van der Waals surface area contributed by atoms with Gasteiger partial charge in [-0.2, -0.15) is 5.10 Å². The van der Waals surface area contributed by atoms with E-state index in [1.807, 2.05) is 34.0 Å². The summed E-state index contributed by atoms with van der Waals surface area (Å²) in [6.45, 7) is 2.82. The second-order valence-corrected chi connectivity index (χ2v) is 8.75. The predicted octanol–water partition coefficient (Wildman–Crippen LogP) is 3.18. The maximum Gasteiger partial charge on any atom is 0.275 e. The van der Waals surface area contributed by atoms with Crippen LogP contribution in [0.1, 0.15) is 29.2 Å². The number of imidazole rings is 1. The van der Waals surface area contributed by atoms with Crippen LogP contribution < -0.4 is 0 Å². The highest BCUT2D eigenvalue weighted by Gasteiger charge is 2.35. The van der Waals surface area contributed by atoms with Gasteiger partial charge in [0.05, 0.1) is 43.0 Å². The molecule has 1 saturated heterocycles. The van der Waals surface area contributed by atoms with Crippen molar-refractivity contribution in [3.05, 3.63) is 72.5 Å². The Balaban J connectivity index is 1.27. The first-order chi connectivity index (χ1) is 17.2. The number of fused-ring (bicyclic) bond motifs is 1. The van der Waals surface area contributed by atoms with Gasteiger partial charge in [0, 0.05) is 31.0 Å². The SMILES string of the molecule is O=C(c1nc2n(c1-c1ccccn1)CCOC2)N1CCC[C@H]1Cn1cc(-c2ccc(F)cn2)cn1. The van der Waals surface area contributed by atoms with E-state index in [9.17, 15) is 9.18 Å². The smallest absolute Gasteiger partial charge is 0.275 e. The molecule has 9 nitrogen and oxygen atoms in total. The molecule has 10 heteroatoms. The highest BCUT2D eigenvalue weighted by atomic mass is 19.1. The Hall–Kier alpha value is -3.92. The maximum absolute atomic E-state index is 13.8. The van der Waals surface area contributed by atoms with E-state index < -0.39 is 0 Å². The van der Waals surface area contributed by atoms with Crippen LogP contribution in [0.2, 0.25) is 0 Å². The van der Waals surface area contributed by atoms with Crippen molar-refractivity contribution in [2.75, 3.05) is 13.2 Å². The van der Waals surface area contributed by atoms with Crippen molar-refractivity contribution < 1.29 is 13.9 Å². The lowest BCUT2D eigenvalue weighted by Gasteiger charge is -2.24. The minimum absolute atomic E-state index is 0.0111. The molecule has 0 spiro atoms. The number of rotatable bonds is 5. The first-order valence-electron chi connectivity index (χ1n) is 11.7. The molecule has 4 aromatic heterocycles. The highest BCUT2D eigenvalue weighted by molar-refractivity contribution is 5.98. The minimum atomic E-state index is -0.376. The van der Waals surface area contributed by atoms with Gasteiger partial charge in [-0.15, -0.1) is 0 Å². The number of hydrogen-bond acceptors (Lipinski definition) is 6. The van der Waals surface area contributed by atoms with Gasteiger partial charge in [0.25, 0.3) is 5.91 Å². The van der Waals surface area contributed by atoms with Gasteiger partial charge in [0.1, 0.15) is 23.9 Å². The third-order valence-electron chi connectivity index (χ3n) is 6.54. The molecule has 2 aliphatic rings. The summed E-state index contributed by atoms with van der Waals surface area (Å²) in [7, 11) is 0. The van der Waals surface area contributed by atoms with Crippen molar-refractivity contribution in [2.24, 2.45) is 0 Å². The van der Waals surface area contributed by atoms with Gasteiger partial charge in [0.15, 0.2) is 5.69 Å². The standard InChI is InChI=1S/C25H24FN7O2/c26-18-6-7-20(28-13-18)17-12-29-31(14-17)15-19-4-3-9-32(19)25(34)23-24(21-5-1-2-8-27-21)33-10-11-35-16-22(33)30-23/h1-2,5-8,12-14,19H,3-4,9-11,15-16H2/t19-/m0/s1. The van der Waals surface area contributed by atoms with Crippen molar-refractivity contribution in [2.45, 2.75) is 38.6 Å². The van der Waals surface area contributed by atoms with E-state index in [1.165, 1.54) is 12.3 Å². The number of halogens is 1. The molecule has 0 unspecified atom stereocenters. The van der Waals surface area contributed by atoms with Crippen LogP contribution in [-0.4, -0.2) is 59.3 Å². The van der Waals surface area contributed by atoms with Crippen LogP contribution in [0.4, 0.5) is 4.39 Å². The molecule has 6 rings (SSSR count). The fourth-order valence-corrected chi connectivity index (χ4v) is 4.87. The van der Waals surface area contributed by atoms with Crippen LogP contribution in [0, 0.1) is 5.82 Å². The van der Waals surface area contributed by atoms with E-state index in [4.69, 9.17) is 9.72 Å². The van der Waals surface area contributed by atoms with Crippen molar-refractivity contribution in [1.82, 2.24) is 34.2 Å². The summed E-state index contributed by atoms with van der Waals surface area (Å²) in [5.41, 5.74) is 3.37. The highest BCUT2D eigenvalue weighted by Crippen LogP contribution is 2.30. The van der Waals surface area contributed by atoms with E-state index in [0.29, 0.717) is 44.2 Å². The zero-order valence-electron chi connectivity index (χ0n) is 19.0. The van der Waals surface area contributed by atoms with Crippen LogP contribution in [0.3, 0.4) is 0 Å². The molecule has 0 bridgehead atoms. The largest absolute Gasteiger partial charge is 0.372 e. The van der Waals surface area contributed by atoms with Gasteiger partial charge < -0.3 is 14.2 Å². The molecule has 1 fully saturated rings. The summed E-state index contributed by atoms with van der Waals surface area (Å²) in [5.74, 6) is 0.279. The van der Waals surface area contributed by atoms with Gasteiger partial charge >= 0.3 is 0 Å². The number of carbonyl (C=O) groups excluding carboxylic acids is 1. The second-order valence-electron chi connectivity index (χ2n) is 8.75. The summed E-state index contributed by atoms with van der Waals surface area (Å²) in [5, 5.41) is 4.46. The average molecular weight is 474 g/mol. The summed E-state index contributed by atoms with van der Waals surface area (Å²) in [6.07, 6.45) is 8.31. The number of nitrogens with zero attached hydrogens (tertiary/aromatic N) is 7. The Morgan fingerprint density at radius 2 is 2.06 bits per heavy atom. The van der Waals surface area contributed by atoms with Gasteiger partial charge in [-0.3, -0.25) is 19.4 Å². The normalized spacial score (nSPS) is 17.5. The van der Waals surface area contributed by atoms with E-state index in [2.05, 4.69) is 19.6 Å². The van der Waals surface area contributed by atoms with Crippen LogP contribution in [-0.2, 0) is 24.4 Å². The van der Waals surface area contributed by atoms with Crippen LogP contribution >= 0.6 is 0 Å². The van der Waals surface area contributed by atoms with Crippen molar-refractivity contribution >= 4 is 5.91 Å². The lowest BCUT2D eigenvalue weighted by Crippen LogP contribution is -2.38. The molecule has 1 amide bonds. The quantitative estimate of drug-likeness (QED) is 0.442. The van der Waals surface area contributed by atoms with Crippen LogP contribution in [0.5, 0.6) is 0 Å². The lowest BCUT2D eigenvalue weighted by atomic mass is 10.1. The molecule has 6 heterocycles. The van der Waals surface area contributed by atoms with Crippen LogP contribution in [0.15, 0.2) is 55.1 Å². The summed E-state index contributed by atoms with van der Waals surface area (Å²) in [4.78, 5) is 29.1. The Labute approximate surface area is 201 Å². The molecule has 0 aliphatic carbocycles. The number of carbonyl (C=O) groups is 1.